The SMILES string of the molecule is c1ccc2c(c1)CC(Cn1cncc1C1CCNCC1)O2. The van der Waals surface area contributed by atoms with Crippen molar-refractivity contribution in [1.29, 1.82) is 0 Å². The number of nitrogens with zero attached hydrogens (tertiary/aromatic N) is 2. The van der Waals surface area contributed by atoms with Crippen LogP contribution in [-0.2, 0) is 13.0 Å². The van der Waals surface area contributed by atoms with E-state index in [1.807, 2.05) is 18.6 Å². The Hall–Kier alpha value is -1.81. The minimum absolute atomic E-state index is 0.233. The Bertz CT molecular complexity index is 591. The zero-order valence-corrected chi connectivity index (χ0v) is 12.2. The smallest absolute Gasteiger partial charge is 0.123 e. The number of nitrogens with one attached hydrogen (secondary N) is 1. The molecule has 0 radical (unpaired) electrons. The predicted molar refractivity (Wildman–Crippen MR) is 81.6 cm³/mol. The average Bonchev–Trinajstić information content (AvgIpc) is 3.14. The van der Waals surface area contributed by atoms with Gasteiger partial charge in [0.05, 0.1) is 12.9 Å². The molecule has 21 heavy (non-hydrogen) atoms. The van der Waals surface area contributed by atoms with Gasteiger partial charge in [0.1, 0.15) is 11.9 Å². The molecule has 4 nitrogen and oxygen atoms in total. The highest BCUT2D eigenvalue weighted by atomic mass is 16.5. The molecule has 4 rings (SSSR count). The molecule has 1 N–H and O–H groups in total. The van der Waals surface area contributed by atoms with Crippen LogP contribution in [0.2, 0.25) is 0 Å². The van der Waals surface area contributed by atoms with Crippen molar-refractivity contribution in [3.8, 4) is 5.75 Å². The van der Waals surface area contributed by atoms with Crippen molar-refractivity contribution in [2.24, 2.45) is 0 Å². The Morgan fingerprint density at radius 3 is 2.95 bits per heavy atom. The van der Waals surface area contributed by atoms with E-state index < -0.39 is 0 Å². The van der Waals surface area contributed by atoms with Crippen LogP contribution < -0.4 is 10.1 Å². The number of hydrogen-bond donors (Lipinski definition) is 1. The topological polar surface area (TPSA) is 39.1 Å². The Kier molecular flexibility index (Phi) is 3.39. The van der Waals surface area contributed by atoms with Gasteiger partial charge in [-0.3, -0.25) is 0 Å². The number of imidazole rings is 1. The maximum atomic E-state index is 6.06. The van der Waals surface area contributed by atoms with Crippen LogP contribution in [0.4, 0.5) is 0 Å². The Balaban J connectivity index is 1.48. The van der Waals surface area contributed by atoms with Gasteiger partial charge in [-0.2, -0.15) is 0 Å². The van der Waals surface area contributed by atoms with Crippen LogP contribution in [-0.4, -0.2) is 28.7 Å². The minimum atomic E-state index is 0.233. The van der Waals surface area contributed by atoms with E-state index in [-0.39, 0.29) is 6.10 Å². The first kappa shape index (κ1) is 12.9. The van der Waals surface area contributed by atoms with Gasteiger partial charge in [0.15, 0.2) is 0 Å². The van der Waals surface area contributed by atoms with Crippen molar-refractivity contribution < 1.29 is 4.74 Å². The van der Waals surface area contributed by atoms with Gasteiger partial charge in [-0.05, 0) is 37.6 Å². The summed E-state index contributed by atoms with van der Waals surface area (Å²) in [6.45, 7) is 3.12. The summed E-state index contributed by atoms with van der Waals surface area (Å²) >= 11 is 0. The molecule has 1 atom stereocenters. The fourth-order valence-corrected chi connectivity index (χ4v) is 3.52. The maximum absolute atomic E-state index is 6.06. The average molecular weight is 283 g/mol. The van der Waals surface area contributed by atoms with E-state index in [9.17, 15) is 0 Å². The van der Waals surface area contributed by atoms with Gasteiger partial charge in [0.25, 0.3) is 0 Å². The number of aromatic nitrogens is 2. The summed E-state index contributed by atoms with van der Waals surface area (Å²) < 4.78 is 8.36. The lowest BCUT2D eigenvalue weighted by Crippen LogP contribution is -2.29. The number of para-hydroxylation sites is 1. The van der Waals surface area contributed by atoms with E-state index in [0.29, 0.717) is 5.92 Å². The highest BCUT2D eigenvalue weighted by Gasteiger charge is 2.25. The molecule has 1 saturated heterocycles. The zero-order valence-electron chi connectivity index (χ0n) is 12.2. The summed E-state index contributed by atoms with van der Waals surface area (Å²) in [5.74, 6) is 1.68. The molecule has 1 fully saturated rings. The molecule has 1 unspecified atom stereocenters. The third kappa shape index (κ3) is 2.56. The lowest BCUT2D eigenvalue weighted by Gasteiger charge is -2.24. The van der Waals surface area contributed by atoms with E-state index in [1.165, 1.54) is 24.1 Å². The summed E-state index contributed by atoms with van der Waals surface area (Å²) in [7, 11) is 0. The lowest BCUT2D eigenvalue weighted by molar-refractivity contribution is 0.206. The third-order valence-electron chi connectivity index (χ3n) is 4.62. The molecule has 2 aliphatic rings. The third-order valence-corrected chi connectivity index (χ3v) is 4.62. The molecule has 2 aliphatic heterocycles. The summed E-state index contributed by atoms with van der Waals surface area (Å²) in [6.07, 6.45) is 7.65. The second-order valence-corrected chi connectivity index (χ2v) is 6.05. The highest BCUT2D eigenvalue weighted by Crippen LogP contribution is 2.30. The van der Waals surface area contributed by atoms with Gasteiger partial charge >= 0.3 is 0 Å². The van der Waals surface area contributed by atoms with Crippen LogP contribution in [0.25, 0.3) is 0 Å². The van der Waals surface area contributed by atoms with Gasteiger partial charge in [0.2, 0.25) is 0 Å². The molecule has 3 heterocycles. The fraction of sp³-hybridized carbons (Fsp3) is 0.471. The van der Waals surface area contributed by atoms with Gasteiger partial charge in [0, 0.05) is 24.2 Å². The van der Waals surface area contributed by atoms with E-state index >= 15 is 0 Å². The van der Waals surface area contributed by atoms with E-state index in [2.05, 4.69) is 33.1 Å². The highest BCUT2D eigenvalue weighted by molar-refractivity contribution is 5.37. The van der Waals surface area contributed by atoms with E-state index in [4.69, 9.17) is 4.74 Å². The molecule has 110 valence electrons. The molecule has 0 aliphatic carbocycles. The number of ether oxygens (including phenoxy) is 1. The number of fused-ring (bicyclic) bond motifs is 1. The zero-order chi connectivity index (χ0) is 14.1. The molecule has 0 saturated carbocycles. The number of hydrogen-bond acceptors (Lipinski definition) is 3. The maximum Gasteiger partial charge on any atom is 0.123 e. The normalized spacial score (nSPS) is 22.0. The molecule has 0 bridgehead atoms. The van der Waals surface area contributed by atoms with Crippen LogP contribution in [0.15, 0.2) is 36.8 Å². The first-order valence-corrected chi connectivity index (χ1v) is 7.85. The molecule has 2 aromatic rings. The van der Waals surface area contributed by atoms with Crippen molar-refractivity contribution in [2.45, 2.75) is 37.8 Å². The van der Waals surface area contributed by atoms with Crippen molar-refractivity contribution in [2.75, 3.05) is 13.1 Å². The van der Waals surface area contributed by atoms with Crippen molar-refractivity contribution in [3.63, 3.8) is 0 Å². The van der Waals surface area contributed by atoms with Gasteiger partial charge in [-0.15, -0.1) is 0 Å². The molecule has 0 amide bonds. The van der Waals surface area contributed by atoms with Crippen molar-refractivity contribution in [1.82, 2.24) is 14.9 Å². The Labute approximate surface area is 125 Å². The molecule has 1 aromatic carbocycles. The molecular formula is C17H21N3O. The van der Waals surface area contributed by atoms with Gasteiger partial charge in [-0.25, -0.2) is 4.98 Å². The predicted octanol–water partition coefficient (Wildman–Crippen LogP) is 2.35. The lowest BCUT2D eigenvalue weighted by atomic mass is 9.95. The standard InChI is InChI=1S/C17H21N3O/c1-2-4-17-14(3-1)9-15(21-17)11-20-12-19-10-16(20)13-5-7-18-8-6-13/h1-4,10,12-13,15,18H,5-9,11H2. The van der Waals surface area contributed by atoms with E-state index in [0.717, 1.165) is 31.8 Å². The first-order chi connectivity index (χ1) is 10.4. The molecular weight excluding hydrogens is 262 g/mol. The second kappa shape index (κ2) is 5.53. The van der Waals surface area contributed by atoms with Crippen LogP contribution in [0.3, 0.4) is 0 Å². The van der Waals surface area contributed by atoms with Gasteiger partial charge < -0.3 is 14.6 Å². The van der Waals surface area contributed by atoms with E-state index in [1.54, 1.807) is 0 Å². The largest absolute Gasteiger partial charge is 0.488 e. The van der Waals surface area contributed by atoms with Crippen molar-refractivity contribution in [3.05, 3.63) is 48.0 Å². The molecule has 0 spiro atoms. The quantitative estimate of drug-likeness (QED) is 0.940. The number of piperidine rings is 1. The number of rotatable bonds is 3. The van der Waals surface area contributed by atoms with Crippen LogP contribution >= 0.6 is 0 Å². The van der Waals surface area contributed by atoms with Crippen molar-refractivity contribution >= 4 is 0 Å². The minimum Gasteiger partial charge on any atom is -0.488 e. The Morgan fingerprint density at radius 1 is 1.24 bits per heavy atom. The Morgan fingerprint density at radius 2 is 2.10 bits per heavy atom. The fourth-order valence-electron chi connectivity index (χ4n) is 3.52. The van der Waals surface area contributed by atoms with Crippen LogP contribution in [0, 0.1) is 0 Å². The van der Waals surface area contributed by atoms with Gasteiger partial charge in [-0.1, -0.05) is 18.2 Å². The molecule has 1 aromatic heterocycles. The second-order valence-electron chi connectivity index (χ2n) is 6.05. The summed E-state index contributed by atoms with van der Waals surface area (Å²) in [5.41, 5.74) is 2.70. The molecule has 4 heteroatoms. The monoisotopic (exact) mass is 283 g/mol. The summed E-state index contributed by atoms with van der Waals surface area (Å²) in [5, 5.41) is 3.43. The van der Waals surface area contributed by atoms with Crippen LogP contribution in [0.5, 0.6) is 5.75 Å². The van der Waals surface area contributed by atoms with Crippen LogP contribution in [0.1, 0.15) is 30.0 Å². The summed E-state index contributed by atoms with van der Waals surface area (Å²) in [6, 6.07) is 8.36. The summed E-state index contributed by atoms with van der Waals surface area (Å²) in [4.78, 5) is 4.38. The first-order valence-electron chi connectivity index (χ1n) is 7.85. The number of benzene rings is 1.